The summed E-state index contributed by atoms with van der Waals surface area (Å²) in [7, 11) is 0. The molecule has 0 amide bonds. The van der Waals surface area contributed by atoms with E-state index in [-0.39, 0.29) is 0 Å². The van der Waals surface area contributed by atoms with E-state index in [0.717, 1.165) is 18.7 Å². The van der Waals surface area contributed by atoms with Gasteiger partial charge < -0.3 is 10.1 Å². The molecule has 0 bridgehead atoms. The van der Waals surface area contributed by atoms with Crippen molar-refractivity contribution in [2.24, 2.45) is 0 Å². The normalized spacial score (nSPS) is 12.3. The number of benzene rings is 1. The molecule has 3 heteroatoms. The fourth-order valence-corrected chi connectivity index (χ4v) is 2.73. The molecule has 1 aromatic heterocycles. The van der Waals surface area contributed by atoms with Gasteiger partial charge in [0.05, 0.1) is 0 Å². The van der Waals surface area contributed by atoms with Crippen LogP contribution in [0.4, 0.5) is 0 Å². The van der Waals surface area contributed by atoms with Crippen LogP contribution < -0.4 is 10.1 Å². The third-order valence-electron chi connectivity index (χ3n) is 3.19. The van der Waals surface area contributed by atoms with E-state index in [1.165, 1.54) is 17.5 Å². The molecule has 1 aromatic carbocycles. The molecular formula is C17H23NOS. The molecule has 0 saturated carbocycles. The molecule has 0 aliphatic carbocycles. The summed E-state index contributed by atoms with van der Waals surface area (Å²) in [6, 6.07) is 11.1. The first-order valence-corrected chi connectivity index (χ1v) is 8.18. The fourth-order valence-electron chi connectivity index (χ4n) is 2.08. The number of thiophene rings is 1. The molecule has 0 saturated heterocycles. The van der Waals surface area contributed by atoms with Crippen LogP contribution in [0.1, 0.15) is 31.4 Å². The van der Waals surface area contributed by atoms with Gasteiger partial charge in [0.15, 0.2) is 0 Å². The Balaban J connectivity index is 1.80. The highest BCUT2D eigenvalue weighted by Gasteiger charge is 2.03. The molecule has 1 N–H and O–H groups in total. The maximum absolute atomic E-state index is 5.77. The first-order valence-electron chi connectivity index (χ1n) is 7.24. The Bertz CT molecular complexity index is 478. The van der Waals surface area contributed by atoms with Gasteiger partial charge in [-0.15, -0.1) is 0 Å². The summed E-state index contributed by atoms with van der Waals surface area (Å²) >= 11 is 1.70. The Labute approximate surface area is 125 Å². The van der Waals surface area contributed by atoms with Crippen LogP contribution in [0.15, 0.2) is 41.1 Å². The van der Waals surface area contributed by atoms with Crippen molar-refractivity contribution >= 4 is 11.3 Å². The van der Waals surface area contributed by atoms with Gasteiger partial charge in [-0.3, -0.25) is 0 Å². The molecule has 0 aliphatic rings. The molecule has 0 aliphatic heterocycles. The molecule has 0 spiro atoms. The average molecular weight is 289 g/mol. The van der Waals surface area contributed by atoms with E-state index >= 15 is 0 Å². The standard InChI is InChI=1S/C17H23NOS/c1-3-9-18-14(2)11-15-4-6-17(7-5-15)19-12-16-8-10-20-13-16/h4-8,10,13-14,18H,3,9,11-12H2,1-2H3. The number of nitrogens with one attached hydrogen (secondary N) is 1. The largest absolute Gasteiger partial charge is 0.489 e. The first-order chi connectivity index (χ1) is 9.78. The van der Waals surface area contributed by atoms with Gasteiger partial charge in [-0.1, -0.05) is 19.1 Å². The lowest BCUT2D eigenvalue weighted by molar-refractivity contribution is 0.306. The fraction of sp³-hybridized carbons (Fsp3) is 0.412. The summed E-state index contributed by atoms with van der Waals surface area (Å²) in [4.78, 5) is 0. The predicted molar refractivity (Wildman–Crippen MR) is 86.6 cm³/mol. The molecule has 2 nitrogen and oxygen atoms in total. The highest BCUT2D eigenvalue weighted by molar-refractivity contribution is 7.07. The van der Waals surface area contributed by atoms with Gasteiger partial charge in [-0.2, -0.15) is 11.3 Å². The Morgan fingerprint density at radius 2 is 1.95 bits per heavy atom. The lowest BCUT2D eigenvalue weighted by Crippen LogP contribution is -2.28. The summed E-state index contributed by atoms with van der Waals surface area (Å²) in [5.41, 5.74) is 2.58. The van der Waals surface area contributed by atoms with Crippen LogP contribution in [0.2, 0.25) is 0 Å². The molecular weight excluding hydrogens is 266 g/mol. The topological polar surface area (TPSA) is 21.3 Å². The smallest absolute Gasteiger partial charge is 0.119 e. The van der Waals surface area contributed by atoms with Crippen molar-refractivity contribution in [2.45, 2.75) is 39.3 Å². The van der Waals surface area contributed by atoms with Crippen molar-refractivity contribution in [2.75, 3.05) is 6.54 Å². The second-order valence-corrected chi connectivity index (χ2v) is 5.90. The Morgan fingerprint density at radius 3 is 2.60 bits per heavy atom. The molecule has 1 heterocycles. The second kappa shape index (κ2) is 8.08. The van der Waals surface area contributed by atoms with E-state index in [0.29, 0.717) is 12.6 Å². The summed E-state index contributed by atoms with van der Waals surface area (Å²) in [5.74, 6) is 0.939. The van der Waals surface area contributed by atoms with Gasteiger partial charge >= 0.3 is 0 Å². The van der Waals surface area contributed by atoms with Gasteiger partial charge in [-0.05, 0) is 66.4 Å². The Kier molecular flexibility index (Phi) is 6.09. The molecule has 1 atom stereocenters. The minimum Gasteiger partial charge on any atom is -0.489 e. The van der Waals surface area contributed by atoms with Crippen molar-refractivity contribution < 1.29 is 4.74 Å². The lowest BCUT2D eigenvalue weighted by Gasteiger charge is -2.13. The summed E-state index contributed by atoms with van der Waals surface area (Å²) in [5, 5.41) is 7.71. The minimum atomic E-state index is 0.521. The van der Waals surface area contributed by atoms with Crippen LogP contribution in [0.3, 0.4) is 0 Å². The van der Waals surface area contributed by atoms with E-state index < -0.39 is 0 Å². The van der Waals surface area contributed by atoms with Crippen molar-refractivity contribution in [1.29, 1.82) is 0 Å². The van der Waals surface area contributed by atoms with Crippen molar-refractivity contribution in [3.63, 3.8) is 0 Å². The molecule has 20 heavy (non-hydrogen) atoms. The van der Waals surface area contributed by atoms with Gasteiger partial charge in [-0.25, -0.2) is 0 Å². The zero-order valence-electron chi connectivity index (χ0n) is 12.3. The van der Waals surface area contributed by atoms with E-state index in [1.807, 2.05) is 0 Å². The monoisotopic (exact) mass is 289 g/mol. The van der Waals surface area contributed by atoms with Crippen molar-refractivity contribution in [1.82, 2.24) is 5.32 Å². The van der Waals surface area contributed by atoms with Crippen LogP contribution in [0.25, 0.3) is 0 Å². The van der Waals surface area contributed by atoms with Gasteiger partial charge in [0.25, 0.3) is 0 Å². The third-order valence-corrected chi connectivity index (χ3v) is 3.93. The van der Waals surface area contributed by atoms with Crippen LogP contribution in [0, 0.1) is 0 Å². The quantitative estimate of drug-likeness (QED) is 0.784. The lowest BCUT2D eigenvalue weighted by atomic mass is 10.1. The first kappa shape index (κ1) is 15.1. The highest BCUT2D eigenvalue weighted by atomic mass is 32.1. The van der Waals surface area contributed by atoms with Crippen LogP contribution in [0.5, 0.6) is 5.75 Å². The predicted octanol–water partition coefficient (Wildman–Crippen LogP) is 4.26. The average Bonchev–Trinajstić information content (AvgIpc) is 2.98. The van der Waals surface area contributed by atoms with Gasteiger partial charge in [0.2, 0.25) is 0 Å². The minimum absolute atomic E-state index is 0.521. The van der Waals surface area contributed by atoms with Crippen LogP contribution >= 0.6 is 11.3 Å². The number of hydrogen-bond donors (Lipinski definition) is 1. The number of hydrogen-bond acceptors (Lipinski definition) is 3. The van der Waals surface area contributed by atoms with E-state index in [9.17, 15) is 0 Å². The molecule has 2 rings (SSSR count). The summed E-state index contributed by atoms with van der Waals surface area (Å²) in [6.45, 7) is 6.16. The Morgan fingerprint density at radius 1 is 1.15 bits per heavy atom. The molecule has 2 aromatic rings. The van der Waals surface area contributed by atoms with E-state index in [1.54, 1.807) is 11.3 Å². The molecule has 1 unspecified atom stereocenters. The molecule has 0 fully saturated rings. The van der Waals surface area contributed by atoms with Crippen molar-refractivity contribution in [3.05, 3.63) is 52.2 Å². The zero-order chi connectivity index (χ0) is 14.2. The van der Waals surface area contributed by atoms with Crippen LogP contribution in [-0.2, 0) is 13.0 Å². The van der Waals surface area contributed by atoms with Gasteiger partial charge in [0, 0.05) is 6.04 Å². The Hall–Kier alpha value is -1.32. The molecule has 108 valence electrons. The highest BCUT2D eigenvalue weighted by Crippen LogP contribution is 2.16. The zero-order valence-corrected chi connectivity index (χ0v) is 13.1. The van der Waals surface area contributed by atoms with E-state index in [2.05, 4.69) is 60.3 Å². The number of ether oxygens (including phenoxy) is 1. The number of rotatable bonds is 8. The maximum atomic E-state index is 5.77. The molecule has 0 radical (unpaired) electrons. The van der Waals surface area contributed by atoms with Gasteiger partial charge in [0.1, 0.15) is 12.4 Å². The third kappa shape index (κ3) is 4.99. The maximum Gasteiger partial charge on any atom is 0.119 e. The van der Waals surface area contributed by atoms with Crippen LogP contribution in [-0.4, -0.2) is 12.6 Å². The summed E-state index contributed by atoms with van der Waals surface area (Å²) in [6.07, 6.45) is 2.24. The summed E-state index contributed by atoms with van der Waals surface area (Å²) < 4.78 is 5.77. The van der Waals surface area contributed by atoms with Crippen molar-refractivity contribution in [3.8, 4) is 5.75 Å². The van der Waals surface area contributed by atoms with E-state index in [4.69, 9.17) is 4.74 Å². The SMILES string of the molecule is CCCNC(C)Cc1ccc(OCc2ccsc2)cc1. The second-order valence-electron chi connectivity index (χ2n) is 5.12.